The molecule has 14 heavy (non-hydrogen) atoms. The van der Waals surface area contributed by atoms with Crippen LogP contribution in [0.5, 0.6) is 0 Å². The number of ether oxygens (including phenoxy) is 2. The normalized spacial score (nSPS) is 33.4. The van der Waals surface area contributed by atoms with E-state index in [9.17, 15) is 14.4 Å². The number of cyclic esters (lactones) is 1. The fourth-order valence-corrected chi connectivity index (χ4v) is 1.79. The molecule has 0 aromatic heterocycles. The lowest BCUT2D eigenvalue weighted by Gasteiger charge is -2.12. The number of rotatable bonds is 1. The minimum absolute atomic E-state index is 0.231. The Bertz CT molecular complexity index is 322. The Kier molecular flexibility index (Phi) is 1.73. The molecular formula is C8H9NO5. The zero-order chi connectivity index (χ0) is 10.5. The number of hydrogen-bond acceptors (Lipinski definition) is 5. The second kappa shape index (κ2) is 2.70. The first-order chi connectivity index (χ1) is 6.57. The van der Waals surface area contributed by atoms with Crippen LogP contribution in [0.25, 0.3) is 0 Å². The SMILES string of the molecule is COC(=O)[C@H]1OC(=O)[C@@H]2[C@H]1N2C(C)=O. The molecule has 2 aliphatic heterocycles. The van der Waals surface area contributed by atoms with Crippen LogP contribution in [0, 0.1) is 0 Å². The predicted octanol–water partition coefficient (Wildman–Crippen LogP) is -1.32. The van der Waals surface area contributed by atoms with Gasteiger partial charge in [-0.15, -0.1) is 0 Å². The number of nitrogens with zero attached hydrogens (tertiary/aromatic N) is 1. The van der Waals surface area contributed by atoms with Crippen LogP contribution >= 0.6 is 0 Å². The van der Waals surface area contributed by atoms with E-state index in [1.165, 1.54) is 18.9 Å². The summed E-state index contributed by atoms with van der Waals surface area (Å²) in [5.74, 6) is -1.37. The van der Waals surface area contributed by atoms with E-state index < -0.39 is 30.1 Å². The molecule has 2 aliphatic rings. The van der Waals surface area contributed by atoms with Crippen LogP contribution < -0.4 is 0 Å². The predicted molar refractivity (Wildman–Crippen MR) is 42.0 cm³/mol. The van der Waals surface area contributed by atoms with Crippen molar-refractivity contribution in [3.8, 4) is 0 Å². The first-order valence-electron chi connectivity index (χ1n) is 4.15. The highest BCUT2D eigenvalue weighted by atomic mass is 16.6. The lowest BCUT2D eigenvalue weighted by molar-refractivity contribution is -0.164. The van der Waals surface area contributed by atoms with Crippen LogP contribution in [0.2, 0.25) is 0 Å². The molecule has 0 aliphatic carbocycles. The van der Waals surface area contributed by atoms with Crippen molar-refractivity contribution in [3.63, 3.8) is 0 Å². The highest BCUT2D eigenvalue weighted by Crippen LogP contribution is 2.39. The third kappa shape index (κ3) is 0.997. The zero-order valence-electron chi connectivity index (χ0n) is 7.72. The Labute approximate surface area is 79.8 Å². The van der Waals surface area contributed by atoms with Gasteiger partial charge in [-0.1, -0.05) is 0 Å². The summed E-state index contributed by atoms with van der Waals surface area (Å²) in [5.41, 5.74) is 0. The maximum Gasteiger partial charge on any atom is 0.349 e. The molecule has 0 N–H and O–H groups in total. The highest BCUT2D eigenvalue weighted by molar-refractivity contribution is 5.97. The molecule has 2 rings (SSSR count). The van der Waals surface area contributed by atoms with Gasteiger partial charge >= 0.3 is 11.9 Å². The fourth-order valence-electron chi connectivity index (χ4n) is 1.79. The van der Waals surface area contributed by atoms with E-state index in [0.29, 0.717) is 0 Å². The molecule has 0 aromatic carbocycles. The molecule has 2 fully saturated rings. The lowest BCUT2D eigenvalue weighted by atomic mass is 10.2. The summed E-state index contributed by atoms with van der Waals surface area (Å²) in [6, 6.07) is -1.02. The Morgan fingerprint density at radius 3 is 2.57 bits per heavy atom. The van der Waals surface area contributed by atoms with Crippen molar-refractivity contribution in [2.45, 2.75) is 25.1 Å². The number of hydrogen-bond donors (Lipinski definition) is 0. The second-order valence-electron chi connectivity index (χ2n) is 3.24. The molecule has 2 saturated heterocycles. The van der Waals surface area contributed by atoms with E-state index in [1.807, 2.05) is 0 Å². The van der Waals surface area contributed by atoms with Gasteiger partial charge in [0.1, 0.15) is 6.04 Å². The van der Waals surface area contributed by atoms with Crippen molar-refractivity contribution in [2.24, 2.45) is 0 Å². The number of methoxy groups -OCH3 is 1. The van der Waals surface area contributed by atoms with Gasteiger partial charge in [-0.3, -0.25) is 4.79 Å². The van der Waals surface area contributed by atoms with Crippen LogP contribution in [0.3, 0.4) is 0 Å². The lowest BCUT2D eigenvalue weighted by Crippen LogP contribution is -2.33. The summed E-state index contributed by atoms with van der Waals surface area (Å²) in [7, 11) is 1.21. The van der Waals surface area contributed by atoms with Crippen molar-refractivity contribution >= 4 is 17.8 Å². The number of carbonyl (C=O) groups excluding carboxylic acids is 3. The summed E-state index contributed by atoms with van der Waals surface area (Å²) >= 11 is 0. The minimum Gasteiger partial charge on any atom is -0.466 e. The summed E-state index contributed by atoms with van der Waals surface area (Å²) in [5, 5.41) is 0. The van der Waals surface area contributed by atoms with E-state index in [0.717, 1.165) is 0 Å². The number of carbonyl (C=O) groups is 3. The van der Waals surface area contributed by atoms with Crippen molar-refractivity contribution in [1.29, 1.82) is 0 Å². The highest BCUT2D eigenvalue weighted by Gasteiger charge is 2.68. The molecule has 0 bridgehead atoms. The molecule has 0 saturated carbocycles. The molecular weight excluding hydrogens is 190 g/mol. The standard InChI is InChI=1S/C8H9NO5/c1-3(10)9-4-5(9)7(11)14-6(4)8(12)13-2/h4-6H,1-2H3/t4-,5+,6+,9?/m1/s1. The van der Waals surface area contributed by atoms with Crippen molar-refractivity contribution < 1.29 is 23.9 Å². The van der Waals surface area contributed by atoms with Gasteiger partial charge in [0.05, 0.1) is 7.11 Å². The van der Waals surface area contributed by atoms with Gasteiger partial charge in [0.15, 0.2) is 6.04 Å². The molecule has 6 heteroatoms. The van der Waals surface area contributed by atoms with Gasteiger partial charge in [-0.2, -0.15) is 0 Å². The average Bonchev–Trinajstić information content (AvgIpc) is 2.80. The van der Waals surface area contributed by atoms with Gasteiger partial charge in [-0.05, 0) is 0 Å². The number of amides is 1. The first kappa shape index (κ1) is 8.98. The van der Waals surface area contributed by atoms with E-state index >= 15 is 0 Å². The number of morpholine rings is 1. The monoisotopic (exact) mass is 199 g/mol. The topological polar surface area (TPSA) is 72.7 Å². The second-order valence-corrected chi connectivity index (χ2v) is 3.24. The van der Waals surface area contributed by atoms with Crippen LogP contribution in [-0.2, 0) is 23.9 Å². The maximum absolute atomic E-state index is 11.1. The molecule has 6 nitrogen and oxygen atoms in total. The Balaban J connectivity index is 2.14. The van der Waals surface area contributed by atoms with Crippen LogP contribution in [0.15, 0.2) is 0 Å². The summed E-state index contributed by atoms with van der Waals surface area (Å²) in [6.07, 6.45) is -0.943. The average molecular weight is 199 g/mol. The molecule has 0 aromatic rings. The van der Waals surface area contributed by atoms with E-state index in [1.54, 1.807) is 0 Å². The molecule has 3 atom stereocenters. The van der Waals surface area contributed by atoms with Crippen molar-refractivity contribution in [2.75, 3.05) is 7.11 Å². The number of esters is 2. The molecule has 0 radical (unpaired) electrons. The van der Waals surface area contributed by atoms with Gasteiger partial charge in [-0.25, -0.2) is 9.59 Å². The minimum atomic E-state index is -0.943. The van der Waals surface area contributed by atoms with Crippen LogP contribution in [0.1, 0.15) is 6.92 Å². The van der Waals surface area contributed by atoms with Gasteiger partial charge in [0, 0.05) is 6.92 Å². The van der Waals surface area contributed by atoms with E-state index in [4.69, 9.17) is 4.74 Å². The molecule has 2 heterocycles. The summed E-state index contributed by atoms with van der Waals surface area (Å²) < 4.78 is 9.20. The maximum atomic E-state index is 11.1. The van der Waals surface area contributed by atoms with E-state index in [2.05, 4.69) is 4.74 Å². The molecule has 0 spiro atoms. The van der Waals surface area contributed by atoms with Gasteiger partial charge in [0.2, 0.25) is 12.0 Å². The van der Waals surface area contributed by atoms with Gasteiger partial charge < -0.3 is 14.4 Å². The van der Waals surface area contributed by atoms with E-state index in [-0.39, 0.29) is 5.91 Å². The van der Waals surface area contributed by atoms with Crippen molar-refractivity contribution in [1.82, 2.24) is 4.90 Å². The van der Waals surface area contributed by atoms with Crippen LogP contribution in [-0.4, -0.2) is 48.0 Å². The summed E-state index contributed by atoms with van der Waals surface area (Å²) in [4.78, 5) is 34.6. The Morgan fingerprint density at radius 1 is 1.50 bits per heavy atom. The van der Waals surface area contributed by atoms with Crippen LogP contribution in [0.4, 0.5) is 0 Å². The molecule has 0 unspecified atom stereocenters. The fraction of sp³-hybridized carbons (Fsp3) is 0.625. The largest absolute Gasteiger partial charge is 0.466 e. The number of fused-ring (bicyclic) bond motifs is 1. The van der Waals surface area contributed by atoms with Crippen molar-refractivity contribution in [3.05, 3.63) is 0 Å². The Hall–Kier alpha value is -1.59. The Morgan fingerprint density at radius 2 is 2.14 bits per heavy atom. The third-order valence-corrected chi connectivity index (χ3v) is 2.45. The quantitative estimate of drug-likeness (QED) is 0.387. The third-order valence-electron chi connectivity index (χ3n) is 2.45. The first-order valence-corrected chi connectivity index (χ1v) is 4.15. The molecule has 1 amide bonds. The summed E-state index contributed by atoms with van der Waals surface area (Å²) in [6.45, 7) is 1.35. The van der Waals surface area contributed by atoms with Gasteiger partial charge in [0.25, 0.3) is 0 Å². The zero-order valence-corrected chi connectivity index (χ0v) is 7.72. The molecule has 76 valence electrons. The smallest absolute Gasteiger partial charge is 0.349 e.